The maximum absolute atomic E-state index is 14.1. The van der Waals surface area contributed by atoms with Crippen LogP contribution in [0.1, 0.15) is 142 Å². The number of phosphoric ester groups is 2. The number of anilines is 2. The molecule has 0 amide bonds. The molecule has 1 aromatic carbocycles. The molecule has 10 atom stereocenters. The van der Waals surface area contributed by atoms with Gasteiger partial charge in [0.05, 0.1) is 42.8 Å². The molecule has 3 fully saturated rings. The van der Waals surface area contributed by atoms with Crippen molar-refractivity contribution >= 4 is 49.9 Å². The summed E-state index contributed by atoms with van der Waals surface area (Å²) in [7, 11) is -8.75. The number of fused-ring (bicyclic) bond motifs is 3. The summed E-state index contributed by atoms with van der Waals surface area (Å²) in [6.45, 7) is 9.06. The maximum Gasteiger partial charge on any atom is 0.530 e. The van der Waals surface area contributed by atoms with Gasteiger partial charge in [0.25, 0.3) is 0 Å². The number of benzene rings is 1. The van der Waals surface area contributed by atoms with Crippen LogP contribution in [-0.2, 0) is 66.8 Å². The number of hydrogen-bond donors (Lipinski definition) is 5. The van der Waals surface area contributed by atoms with Crippen LogP contribution in [0.4, 0.5) is 11.6 Å². The lowest BCUT2D eigenvalue weighted by atomic mass is 9.92. The van der Waals surface area contributed by atoms with Crippen LogP contribution in [0, 0.1) is 22.7 Å². The van der Waals surface area contributed by atoms with Gasteiger partial charge in [0, 0.05) is 26.4 Å². The van der Waals surface area contributed by atoms with E-state index in [1.807, 2.05) is 6.07 Å². The van der Waals surface area contributed by atoms with Crippen LogP contribution in [0.25, 0.3) is 11.0 Å². The summed E-state index contributed by atoms with van der Waals surface area (Å²) < 4.78 is 92.3. The number of para-hydroxylation sites is 1. The highest BCUT2D eigenvalue weighted by Crippen LogP contribution is 2.54. The van der Waals surface area contributed by atoms with Gasteiger partial charge in [0.15, 0.2) is 17.4 Å². The van der Waals surface area contributed by atoms with Crippen LogP contribution in [0.3, 0.4) is 0 Å². The number of nitrogens with zero attached hydrogens (tertiary/aromatic N) is 8. The number of phosphoric acid groups is 2. The van der Waals surface area contributed by atoms with E-state index in [2.05, 4.69) is 40.1 Å². The molecule has 4 aromatic heterocycles. The molecular formula is C57H83ClN10O16P2. The largest absolute Gasteiger partial charge is 0.530 e. The zero-order chi connectivity index (χ0) is 61.8. The number of aliphatic hydroxyl groups is 2. The van der Waals surface area contributed by atoms with Crippen molar-refractivity contribution in [1.82, 2.24) is 29.2 Å². The molecule has 29 heteroatoms. The van der Waals surface area contributed by atoms with Gasteiger partial charge < -0.3 is 59.5 Å². The number of nitrogen functional groups attached to an aromatic ring is 2. The highest BCUT2D eigenvalue weighted by Gasteiger charge is 2.66. The maximum atomic E-state index is 14.1. The number of aromatic nitrogens is 6. The van der Waals surface area contributed by atoms with E-state index in [4.69, 9.17) is 74.1 Å². The molecule has 3 aliphatic rings. The van der Waals surface area contributed by atoms with Crippen molar-refractivity contribution < 1.29 is 75.3 Å². The Hall–Kier alpha value is -4.93. The fraction of sp³-hybridized carbons (Fsp3) is 0.649. The molecule has 0 bridgehead atoms. The third-order valence-corrected chi connectivity index (χ3v) is 17.4. The number of hydrogen-bond acceptors (Lipinski definition) is 23. The van der Waals surface area contributed by atoms with Gasteiger partial charge in [0.2, 0.25) is 11.2 Å². The first kappa shape index (κ1) is 68.6. The Morgan fingerprint density at radius 1 is 0.628 bits per heavy atom. The second-order valence-corrected chi connectivity index (χ2v) is 25.1. The molecule has 86 heavy (non-hydrogen) atoms. The lowest BCUT2D eigenvalue weighted by Gasteiger charge is -2.29. The standard InChI is InChI=1S/C33H45ClN5O8P.C24H38N5O8P/c1-4-5-6-7-8-9-12-18-41-19-13-20-42-48(40,47-26-15-11-10-14-24(26)34)43-21-27-29-30(46-32(2,3)45-29)33(22-35,44-27)28-17-16-25-31(36)37-23-38-39(25)28;1-2-3-4-5-6-7-8-12-34-13-9-14-35-38(32,33)36-15-19-21(30)22(31)24(16-25,37-19)20-11-10-18-23(26)27-17-28-29(18)20/h10-11,14-17,23,27,29-30H,4-9,12-13,18-21H2,1-3H3,(H2,36,37,38);10-11,17,19,21-22,30-31H,2-9,12-15H2,1H3,(H,32,33)(H2,26,27,28)/t27-,29-,30-,33+,48?;19-,21-,22-,24+/m11/s1. The van der Waals surface area contributed by atoms with Crippen molar-refractivity contribution in [2.75, 3.05) is 64.3 Å². The Bertz CT molecular complexity index is 3110. The molecule has 7 N–H and O–H groups in total. The first-order valence-corrected chi connectivity index (χ1v) is 32.9. The van der Waals surface area contributed by atoms with Gasteiger partial charge in [-0.15, -0.1) is 0 Å². The summed E-state index contributed by atoms with van der Waals surface area (Å²) in [6.07, 6.45) is 12.9. The molecule has 7 heterocycles. The summed E-state index contributed by atoms with van der Waals surface area (Å²) in [5.41, 5.74) is 9.53. The van der Waals surface area contributed by atoms with E-state index in [1.165, 1.54) is 92.0 Å². The summed E-state index contributed by atoms with van der Waals surface area (Å²) in [6, 6.07) is 17.2. The van der Waals surface area contributed by atoms with Gasteiger partial charge in [-0.05, 0) is 75.9 Å². The van der Waals surface area contributed by atoms with Gasteiger partial charge in [-0.3, -0.25) is 18.1 Å². The van der Waals surface area contributed by atoms with Crippen molar-refractivity contribution in [3.8, 4) is 17.9 Å². The summed E-state index contributed by atoms with van der Waals surface area (Å²) in [4.78, 5) is 17.9. The Morgan fingerprint density at radius 3 is 1.69 bits per heavy atom. The van der Waals surface area contributed by atoms with Crippen LogP contribution in [0.2, 0.25) is 5.02 Å². The molecule has 3 aliphatic heterocycles. The smallest absolute Gasteiger partial charge is 0.402 e. The first-order chi connectivity index (χ1) is 41.4. The third kappa shape index (κ3) is 17.7. The lowest BCUT2D eigenvalue weighted by molar-refractivity contribution is -0.204. The SMILES string of the molecule is CCCCCCCCCOCCCOP(=O)(O)OC[C@H]1O[C@@](C#N)(c2ccc3c(N)ncnn23)[C@H](O)[C@@H]1O.CCCCCCCCCOCCCOP(=O)(OC[C@H]1O[C@@](C#N)(c2ccc3c(N)ncnn23)[C@@H]2OC(C)(C)O[C@@H]21)Oc1ccccc1Cl. The topological polar surface area (TPSA) is 356 Å². The number of nitrogens with two attached hydrogens (primary N) is 2. The Labute approximate surface area is 506 Å². The second-order valence-electron chi connectivity index (χ2n) is 21.7. The summed E-state index contributed by atoms with van der Waals surface area (Å²) in [5.74, 6) is -0.536. The van der Waals surface area contributed by atoms with E-state index in [1.54, 1.807) is 56.3 Å². The van der Waals surface area contributed by atoms with E-state index < -0.39 is 75.9 Å². The molecule has 5 aromatic rings. The molecule has 0 radical (unpaired) electrons. The Kier molecular flexibility index (Phi) is 25.9. The van der Waals surface area contributed by atoms with Crippen LogP contribution in [-0.4, -0.2) is 140 Å². The van der Waals surface area contributed by atoms with Crippen LogP contribution in [0.5, 0.6) is 5.75 Å². The molecule has 0 spiro atoms. The highest BCUT2D eigenvalue weighted by molar-refractivity contribution is 7.49. The quantitative estimate of drug-likeness (QED) is 0.0184. The summed E-state index contributed by atoms with van der Waals surface area (Å²) in [5, 5.41) is 50.4. The van der Waals surface area contributed by atoms with E-state index in [0.29, 0.717) is 56.0 Å². The molecular weight excluding hydrogens is 1180 g/mol. The average Bonchev–Trinajstić information content (AvgIpc) is 1.61. The summed E-state index contributed by atoms with van der Waals surface area (Å²) >= 11 is 6.32. The fourth-order valence-corrected chi connectivity index (χ4v) is 12.6. The predicted molar refractivity (Wildman–Crippen MR) is 315 cm³/mol. The van der Waals surface area contributed by atoms with Crippen molar-refractivity contribution in [3.05, 3.63) is 77.6 Å². The van der Waals surface area contributed by atoms with Gasteiger partial charge >= 0.3 is 15.6 Å². The van der Waals surface area contributed by atoms with E-state index in [0.717, 1.165) is 25.7 Å². The zero-order valence-electron chi connectivity index (χ0n) is 49.4. The molecule has 474 valence electrons. The first-order valence-electron chi connectivity index (χ1n) is 29.5. The molecule has 26 nitrogen and oxygen atoms in total. The molecule has 0 saturated carbocycles. The van der Waals surface area contributed by atoms with Gasteiger partial charge in [-0.1, -0.05) is 115 Å². The minimum Gasteiger partial charge on any atom is -0.402 e. The predicted octanol–water partition coefficient (Wildman–Crippen LogP) is 9.42. The number of halogens is 1. The molecule has 2 unspecified atom stereocenters. The minimum absolute atomic E-state index is 0.0440. The van der Waals surface area contributed by atoms with Crippen LogP contribution in [0.15, 0.2) is 61.2 Å². The van der Waals surface area contributed by atoms with Gasteiger partial charge in [-0.2, -0.15) is 20.7 Å². The lowest BCUT2D eigenvalue weighted by Crippen LogP contribution is -2.41. The van der Waals surface area contributed by atoms with Crippen LogP contribution < -0.4 is 16.0 Å². The minimum atomic E-state index is -4.48. The molecule has 0 aliphatic carbocycles. The normalized spacial score (nSPS) is 24.6. The number of unbranched alkanes of at least 4 members (excludes halogenated alkanes) is 12. The van der Waals surface area contributed by atoms with Gasteiger partial charge in [0.1, 0.15) is 78.2 Å². The van der Waals surface area contributed by atoms with E-state index >= 15 is 0 Å². The van der Waals surface area contributed by atoms with E-state index in [-0.39, 0.29) is 47.9 Å². The third-order valence-electron chi connectivity index (χ3n) is 14.7. The average molecular weight is 1260 g/mol. The van der Waals surface area contributed by atoms with Crippen molar-refractivity contribution in [2.45, 2.75) is 184 Å². The Morgan fingerprint density at radius 2 is 1.13 bits per heavy atom. The van der Waals surface area contributed by atoms with Crippen molar-refractivity contribution in [1.29, 1.82) is 10.5 Å². The van der Waals surface area contributed by atoms with Gasteiger partial charge in [-0.25, -0.2) is 28.1 Å². The second kappa shape index (κ2) is 32.5. The zero-order valence-corrected chi connectivity index (χ0v) is 51.9. The van der Waals surface area contributed by atoms with E-state index in [9.17, 15) is 34.8 Å². The monoisotopic (exact) mass is 1260 g/mol. The highest BCUT2D eigenvalue weighted by atomic mass is 35.5. The van der Waals surface area contributed by atoms with Crippen molar-refractivity contribution in [2.24, 2.45) is 0 Å². The number of aliphatic hydroxyl groups excluding tert-OH is 2. The number of ether oxygens (including phenoxy) is 6. The number of nitriles is 2. The van der Waals surface area contributed by atoms with Crippen LogP contribution >= 0.6 is 27.2 Å². The molecule has 3 saturated heterocycles. The fourth-order valence-electron chi connectivity index (χ4n) is 10.3. The Balaban J connectivity index is 0.000000253. The number of rotatable bonds is 36. The van der Waals surface area contributed by atoms with Crippen molar-refractivity contribution in [3.63, 3.8) is 0 Å². The molecule has 8 rings (SSSR count).